The molecule has 5 rings (SSSR count). The van der Waals surface area contributed by atoms with Gasteiger partial charge in [0.2, 0.25) is 0 Å². The van der Waals surface area contributed by atoms with E-state index in [1.54, 1.807) is 15.6 Å². The van der Waals surface area contributed by atoms with E-state index >= 15 is 0 Å². The van der Waals surface area contributed by atoms with Crippen molar-refractivity contribution in [1.29, 1.82) is 0 Å². The Balaban J connectivity index is 1.36. The second-order valence-electron chi connectivity index (χ2n) is 7.78. The van der Waals surface area contributed by atoms with Gasteiger partial charge in [-0.25, -0.2) is 4.52 Å². The number of pyridine rings is 2. The number of para-hydroxylation sites is 1. The fourth-order valence-corrected chi connectivity index (χ4v) is 4.25. The highest BCUT2D eigenvalue weighted by molar-refractivity contribution is 6.01. The van der Waals surface area contributed by atoms with Crippen LogP contribution in [0.5, 0.6) is 0 Å². The van der Waals surface area contributed by atoms with E-state index in [1.807, 2.05) is 55.6 Å². The van der Waals surface area contributed by atoms with Crippen molar-refractivity contribution < 1.29 is 9.90 Å². The molecule has 1 N–H and O–H groups in total. The maximum atomic E-state index is 13.1. The molecule has 3 aromatic heterocycles. The lowest BCUT2D eigenvalue weighted by atomic mass is 9.99. The number of nitrogens with zero attached hydrogens (tertiary/aromatic N) is 4. The summed E-state index contributed by atoms with van der Waals surface area (Å²) in [6.45, 7) is 2.82. The van der Waals surface area contributed by atoms with E-state index in [4.69, 9.17) is 4.98 Å². The Morgan fingerprint density at radius 1 is 1.14 bits per heavy atom. The van der Waals surface area contributed by atoms with Gasteiger partial charge < -0.3 is 10.0 Å². The first kappa shape index (κ1) is 17.8. The van der Waals surface area contributed by atoms with Gasteiger partial charge in [0.05, 0.1) is 28.9 Å². The minimum atomic E-state index is -0.560. The largest absolute Gasteiger partial charge is 0.391 e. The SMILES string of the molecule is Cc1cccn2ncc(C(=O)N3C[C@@H](Cc4ccc5ccccc5n4)[C@H](O)C3)c12. The summed E-state index contributed by atoms with van der Waals surface area (Å²) >= 11 is 0. The van der Waals surface area contributed by atoms with Crippen LogP contribution in [0.1, 0.15) is 21.6 Å². The number of likely N-dealkylation sites (tertiary alicyclic amines) is 1. The van der Waals surface area contributed by atoms with Crippen molar-refractivity contribution in [3.63, 3.8) is 0 Å². The molecule has 4 aromatic rings. The van der Waals surface area contributed by atoms with Gasteiger partial charge in [-0.3, -0.25) is 9.78 Å². The van der Waals surface area contributed by atoms with E-state index in [0.717, 1.165) is 27.7 Å². The summed E-state index contributed by atoms with van der Waals surface area (Å²) < 4.78 is 1.73. The molecule has 6 heteroatoms. The molecule has 1 amide bonds. The van der Waals surface area contributed by atoms with Crippen LogP contribution in [0.25, 0.3) is 16.4 Å². The number of carbonyl (C=O) groups is 1. The van der Waals surface area contributed by atoms with Crippen LogP contribution < -0.4 is 0 Å². The van der Waals surface area contributed by atoms with Crippen LogP contribution >= 0.6 is 0 Å². The van der Waals surface area contributed by atoms with Crippen LogP contribution in [0.3, 0.4) is 0 Å². The van der Waals surface area contributed by atoms with Gasteiger partial charge in [0.25, 0.3) is 5.91 Å². The molecule has 0 aliphatic carbocycles. The lowest BCUT2D eigenvalue weighted by molar-refractivity contribution is 0.0766. The fraction of sp³-hybridized carbons (Fsp3) is 0.261. The van der Waals surface area contributed by atoms with Gasteiger partial charge in [0.15, 0.2) is 0 Å². The van der Waals surface area contributed by atoms with E-state index in [-0.39, 0.29) is 11.8 Å². The molecule has 29 heavy (non-hydrogen) atoms. The third-order valence-corrected chi connectivity index (χ3v) is 5.79. The number of rotatable bonds is 3. The zero-order valence-electron chi connectivity index (χ0n) is 16.2. The number of aliphatic hydroxyl groups excluding tert-OH is 1. The molecule has 2 atom stereocenters. The number of hydrogen-bond acceptors (Lipinski definition) is 4. The van der Waals surface area contributed by atoms with E-state index in [2.05, 4.69) is 11.2 Å². The van der Waals surface area contributed by atoms with Gasteiger partial charge in [-0.05, 0) is 37.1 Å². The van der Waals surface area contributed by atoms with Crippen LogP contribution in [0, 0.1) is 12.8 Å². The number of carbonyl (C=O) groups excluding carboxylic acids is 1. The van der Waals surface area contributed by atoms with Crippen LogP contribution in [0.4, 0.5) is 0 Å². The normalized spacial score (nSPS) is 19.3. The first-order valence-electron chi connectivity index (χ1n) is 9.85. The van der Waals surface area contributed by atoms with E-state index < -0.39 is 6.10 Å². The summed E-state index contributed by atoms with van der Waals surface area (Å²) in [5.74, 6) is -0.113. The molecular formula is C23H22N4O2. The van der Waals surface area contributed by atoms with Gasteiger partial charge in [-0.1, -0.05) is 30.3 Å². The number of benzene rings is 1. The number of amides is 1. The molecule has 0 bridgehead atoms. The Labute approximate surface area is 168 Å². The lowest BCUT2D eigenvalue weighted by Gasteiger charge is -2.16. The standard InChI is InChI=1S/C23H22N4O2/c1-15-5-4-10-27-22(15)19(12-24-27)23(29)26-13-17(21(28)14-26)11-18-9-8-16-6-2-3-7-20(16)25-18/h2-10,12,17,21,28H,11,13-14H2,1H3/t17-,21-/m1/s1. The van der Waals surface area contributed by atoms with Crippen molar-refractivity contribution >= 4 is 22.3 Å². The van der Waals surface area contributed by atoms with E-state index in [0.29, 0.717) is 25.1 Å². The monoisotopic (exact) mass is 386 g/mol. The van der Waals surface area contributed by atoms with Gasteiger partial charge in [0.1, 0.15) is 0 Å². The molecular weight excluding hydrogens is 364 g/mol. The average Bonchev–Trinajstić information content (AvgIpc) is 3.32. The molecule has 1 aromatic carbocycles. The maximum Gasteiger partial charge on any atom is 0.257 e. The summed E-state index contributed by atoms with van der Waals surface area (Å²) in [6, 6.07) is 16.0. The summed E-state index contributed by atoms with van der Waals surface area (Å²) in [4.78, 5) is 19.6. The van der Waals surface area contributed by atoms with Crippen molar-refractivity contribution in [3.8, 4) is 0 Å². The number of fused-ring (bicyclic) bond motifs is 2. The Morgan fingerprint density at radius 3 is 2.90 bits per heavy atom. The lowest BCUT2D eigenvalue weighted by Crippen LogP contribution is -2.29. The third-order valence-electron chi connectivity index (χ3n) is 5.79. The summed E-state index contributed by atoms with van der Waals surface area (Å²) in [5.41, 5.74) is 4.30. The highest BCUT2D eigenvalue weighted by Gasteiger charge is 2.35. The van der Waals surface area contributed by atoms with Gasteiger partial charge in [-0.15, -0.1) is 0 Å². The third kappa shape index (κ3) is 3.15. The topological polar surface area (TPSA) is 70.7 Å². The number of β-amino-alcohol motifs (C(OH)–C–C–N with tert-alkyl or cyclic N) is 1. The van der Waals surface area contributed by atoms with Crippen molar-refractivity contribution in [2.75, 3.05) is 13.1 Å². The highest BCUT2D eigenvalue weighted by atomic mass is 16.3. The molecule has 146 valence electrons. The minimum absolute atomic E-state index is 0.0319. The summed E-state index contributed by atoms with van der Waals surface area (Å²) in [5, 5.41) is 16.0. The number of aryl methyl sites for hydroxylation is 1. The van der Waals surface area contributed by atoms with Gasteiger partial charge in [-0.2, -0.15) is 5.10 Å². The molecule has 0 unspecified atom stereocenters. The molecule has 1 saturated heterocycles. The number of hydrogen-bond donors (Lipinski definition) is 1. The smallest absolute Gasteiger partial charge is 0.257 e. The molecule has 0 spiro atoms. The fourth-order valence-electron chi connectivity index (χ4n) is 4.25. The molecule has 1 aliphatic rings. The molecule has 4 heterocycles. The van der Waals surface area contributed by atoms with Crippen LogP contribution in [-0.2, 0) is 6.42 Å². The Kier molecular flexibility index (Phi) is 4.28. The highest BCUT2D eigenvalue weighted by Crippen LogP contribution is 2.25. The average molecular weight is 386 g/mol. The molecule has 1 aliphatic heterocycles. The Morgan fingerprint density at radius 2 is 2.00 bits per heavy atom. The Hall–Kier alpha value is -3.25. The van der Waals surface area contributed by atoms with Crippen LogP contribution in [-0.4, -0.2) is 49.7 Å². The zero-order valence-corrected chi connectivity index (χ0v) is 16.2. The van der Waals surface area contributed by atoms with Crippen molar-refractivity contribution in [2.45, 2.75) is 19.4 Å². The molecule has 0 radical (unpaired) electrons. The predicted octanol–water partition coefficient (Wildman–Crippen LogP) is 2.87. The van der Waals surface area contributed by atoms with Crippen molar-refractivity contribution in [2.24, 2.45) is 5.92 Å². The van der Waals surface area contributed by atoms with Crippen LogP contribution in [0.15, 0.2) is 60.9 Å². The van der Waals surface area contributed by atoms with Gasteiger partial charge >= 0.3 is 0 Å². The Bertz CT molecular complexity index is 1220. The predicted molar refractivity (Wildman–Crippen MR) is 111 cm³/mol. The van der Waals surface area contributed by atoms with Crippen LogP contribution in [0.2, 0.25) is 0 Å². The minimum Gasteiger partial charge on any atom is -0.391 e. The summed E-state index contributed by atoms with van der Waals surface area (Å²) in [7, 11) is 0. The zero-order chi connectivity index (χ0) is 20.0. The molecule has 1 fully saturated rings. The van der Waals surface area contributed by atoms with E-state index in [9.17, 15) is 9.90 Å². The quantitative estimate of drug-likeness (QED) is 0.588. The number of aromatic nitrogens is 3. The summed E-state index contributed by atoms with van der Waals surface area (Å²) in [6.07, 6.45) is 3.54. The number of aliphatic hydroxyl groups is 1. The molecule has 6 nitrogen and oxygen atoms in total. The van der Waals surface area contributed by atoms with E-state index in [1.165, 1.54) is 0 Å². The second-order valence-corrected chi connectivity index (χ2v) is 7.78. The maximum absolute atomic E-state index is 13.1. The first-order chi connectivity index (χ1) is 14.1. The van der Waals surface area contributed by atoms with Crippen molar-refractivity contribution in [1.82, 2.24) is 19.5 Å². The second kappa shape index (κ2) is 6.97. The molecule has 0 saturated carbocycles. The van der Waals surface area contributed by atoms with Crippen molar-refractivity contribution in [3.05, 3.63) is 77.7 Å². The van der Waals surface area contributed by atoms with Gasteiger partial charge in [0, 0.05) is 36.3 Å². The first-order valence-corrected chi connectivity index (χ1v) is 9.85.